The van der Waals surface area contributed by atoms with Gasteiger partial charge in [-0.25, -0.2) is 9.18 Å². The summed E-state index contributed by atoms with van der Waals surface area (Å²) in [5.41, 5.74) is 0.435. The predicted octanol–water partition coefficient (Wildman–Crippen LogP) is 6.03. The van der Waals surface area contributed by atoms with Crippen molar-refractivity contribution in [1.29, 1.82) is 0 Å². The number of hydrogen-bond donors (Lipinski definition) is 4. The lowest BCUT2D eigenvalue weighted by atomic mass is 10.0. The van der Waals surface area contributed by atoms with Crippen LogP contribution in [0.25, 0.3) is 10.1 Å². The molecule has 3 heterocycles. The molecular formula is C31H32F6N4O5S. The number of thiophene rings is 1. The molecule has 1 aromatic heterocycles. The highest BCUT2D eigenvalue weighted by molar-refractivity contribution is 7.20. The monoisotopic (exact) mass is 686 g/mol. The maximum absolute atomic E-state index is 14.5. The first-order valence-corrected chi connectivity index (χ1v) is 15.6. The molecule has 0 saturated carbocycles. The van der Waals surface area contributed by atoms with Gasteiger partial charge >= 0.3 is 18.9 Å². The van der Waals surface area contributed by atoms with Gasteiger partial charge in [-0.3, -0.25) is 4.90 Å². The van der Waals surface area contributed by atoms with E-state index in [1.165, 1.54) is 0 Å². The standard InChI is InChI=1S/C31H32F6N4O5S/c32-22-13-25(26(46-29(33)34)14-24(22)39-9-12-42)38-8-2-5-27-21(15-31(35,36)37)20-3-1-4-23(28(20)47-27)40-18-6-10-41(11-7-18)16-19-17-44-30(43)45-19/h1,3-4,13-14,18-19,29,38-40,42H,6-12,15-17H2. The van der Waals surface area contributed by atoms with Crippen molar-refractivity contribution in [3.63, 3.8) is 0 Å². The number of ether oxygens (including phenoxy) is 3. The number of cyclic esters (lactones) is 2. The van der Waals surface area contributed by atoms with Crippen LogP contribution in [0.3, 0.4) is 0 Å². The number of nitrogens with one attached hydrogen (secondary N) is 3. The Balaban J connectivity index is 1.31. The molecule has 2 saturated heterocycles. The van der Waals surface area contributed by atoms with Gasteiger partial charge in [0.1, 0.15) is 12.4 Å². The summed E-state index contributed by atoms with van der Waals surface area (Å²) in [5, 5.41) is 18.1. The number of hydrogen-bond acceptors (Lipinski definition) is 10. The fraction of sp³-hybridized carbons (Fsp3) is 0.452. The van der Waals surface area contributed by atoms with Crippen molar-refractivity contribution in [3.8, 4) is 17.6 Å². The highest BCUT2D eigenvalue weighted by Gasteiger charge is 2.32. The summed E-state index contributed by atoms with van der Waals surface area (Å²) < 4.78 is 96.6. The average molecular weight is 687 g/mol. The van der Waals surface area contributed by atoms with Gasteiger partial charge in [-0.15, -0.1) is 11.3 Å². The first kappa shape index (κ1) is 34.3. The smallest absolute Gasteiger partial charge is 0.433 e. The SMILES string of the molecule is O=C1OCC(CN2CCC(Nc3cccc4c(CC(F)(F)F)c(C#CCNc5cc(F)c(NCCO)cc5OC(F)F)sc34)CC2)O1. The molecule has 0 amide bonds. The van der Waals surface area contributed by atoms with Gasteiger partial charge in [0.2, 0.25) is 0 Å². The van der Waals surface area contributed by atoms with Gasteiger partial charge in [-0.2, -0.15) is 22.0 Å². The number of alkyl halides is 5. The minimum Gasteiger partial charge on any atom is -0.433 e. The van der Waals surface area contributed by atoms with E-state index in [0.717, 1.165) is 49.4 Å². The lowest BCUT2D eigenvalue weighted by Gasteiger charge is -2.33. The topological polar surface area (TPSA) is 104 Å². The van der Waals surface area contributed by atoms with Crippen LogP contribution in [0.15, 0.2) is 30.3 Å². The van der Waals surface area contributed by atoms with Crippen molar-refractivity contribution in [3.05, 3.63) is 46.6 Å². The zero-order valence-electron chi connectivity index (χ0n) is 24.9. The van der Waals surface area contributed by atoms with Crippen LogP contribution in [0.4, 0.5) is 48.2 Å². The first-order chi connectivity index (χ1) is 22.5. The molecule has 1 atom stereocenters. The van der Waals surface area contributed by atoms with Crippen molar-refractivity contribution < 1.29 is 50.5 Å². The molecule has 47 heavy (non-hydrogen) atoms. The molecule has 4 N–H and O–H groups in total. The van der Waals surface area contributed by atoms with Crippen LogP contribution in [0.1, 0.15) is 23.3 Å². The zero-order chi connectivity index (χ0) is 33.6. The molecule has 2 aromatic carbocycles. The van der Waals surface area contributed by atoms with E-state index in [4.69, 9.17) is 14.6 Å². The molecule has 2 aliphatic heterocycles. The lowest BCUT2D eigenvalue weighted by molar-refractivity contribution is -0.127. The summed E-state index contributed by atoms with van der Waals surface area (Å²) in [6.45, 7) is -1.48. The molecule has 5 rings (SSSR count). The maximum Gasteiger partial charge on any atom is 0.508 e. The molecular weight excluding hydrogens is 654 g/mol. The van der Waals surface area contributed by atoms with E-state index in [0.29, 0.717) is 22.3 Å². The molecule has 16 heteroatoms. The lowest BCUT2D eigenvalue weighted by Crippen LogP contribution is -2.43. The van der Waals surface area contributed by atoms with E-state index in [2.05, 4.69) is 37.4 Å². The molecule has 9 nitrogen and oxygen atoms in total. The van der Waals surface area contributed by atoms with Crippen molar-refractivity contribution in [1.82, 2.24) is 4.90 Å². The van der Waals surface area contributed by atoms with Crippen molar-refractivity contribution in [2.45, 2.75) is 44.2 Å². The Hall–Kier alpha value is -4.07. The second kappa shape index (κ2) is 15.2. The molecule has 1 unspecified atom stereocenters. The number of carbonyl (C=O) groups is 1. The van der Waals surface area contributed by atoms with Gasteiger partial charge in [0.15, 0.2) is 11.9 Å². The summed E-state index contributed by atoms with van der Waals surface area (Å²) >= 11 is 1.12. The predicted molar refractivity (Wildman–Crippen MR) is 165 cm³/mol. The van der Waals surface area contributed by atoms with Gasteiger partial charge in [0.25, 0.3) is 0 Å². The van der Waals surface area contributed by atoms with Crippen molar-refractivity contribution in [2.75, 3.05) is 61.9 Å². The van der Waals surface area contributed by atoms with Gasteiger partial charge in [0.05, 0.1) is 46.2 Å². The highest BCUT2D eigenvalue weighted by atomic mass is 32.1. The number of aliphatic hydroxyl groups excluding tert-OH is 1. The minimum atomic E-state index is -4.50. The molecule has 0 spiro atoms. The van der Waals surface area contributed by atoms with Crippen molar-refractivity contribution in [2.24, 2.45) is 0 Å². The van der Waals surface area contributed by atoms with E-state index >= 15 is 0 Å². The third-order valence-electron chi connectivity index (χ3n) is 7.54. The fourth-order valence-corrected chi connectivity index (χ4v) is 6.63. The van der Waals surface area contributed by atoms with Crippen LogP contribution in [-0.2, 0) is 15.9 Å². The number of nitrogens with zero attached hydrogens (tertiary/aromatic N) is 1. The molecule has 3 aromatic rings. The summed E-state index contributed by atoms with van der Waals surface area (Å²) in [4.78, 5) is 13.6. The van der Waals surface area contributed by atoms with E-state index in [9.17, 15) is 31.1 Å². The summed E-state index contributed by atoms with van der Waals surface area (Å²) in [6, 6.07) is 7.14. The molecule has 0 radical (unpaired) electrons. The van der Waals surface area contributed by atoms with Crippen LogP contribution < -0.4 is 20.7 Å². The van der Waals surface area contributed by atoms with E-state index in [-0.39, 0.29) is 66.0 Å². The average Bonchev–Trinajstić information content (AvgIpc) is 3.58. The number of carbonyl (C=O) groups excluding carboxylic acids is 1. The minimum absolute atomic E-state index is 0.0222. The van der Waals surface area contributed by atoms with Crippen LogP contribution in [0.2, 0.25) is 0 Å². The van der Waals surface area contributed by atoms with E-state index < -0.39 is 31.2 Å². The third-order valence-corrected chi connectivity index (χ3v) is 8.73. The Kier molecular flexibility index (Phi) is 11.1. The molecule has 2 aliphatic rings. The number of piperidine rings is 1. The van der Waals surface area contributed by atoms with Crippen LogP contribution in [-0.4, -0.2) is 87.0 Å². The first-order valence-electron chi connectivity index (χ1n) is 14.8. The fourth-order valence-electron chi connectivity index (χ4n) is 5.46. The number of halogens is 6. The Labute approximate surface area is 270 Å². The number of benzene rings is 2. The maximum atomic E-state index is 14.5. The second-order valence-electron chi connectivity index (χ2n) is 10.9. The Morgan fingerprint density at radius 1 is 1.13 bits per heavy atom. The van der Waals surface area contributed by atoms with Crippen LogP contribution >= 0.6 is 11.3 Å². The molecule has 0 aliphatic carbocycles. The third kappa shape index (κ3) is 9.27. The summed E-state index contributed by atoms with van der Waals surface area (Å²) in [6.07, 6.45) is -5.11. The quantitative estimate of drug-likeness (QED) is 0.103. The van der Waals surface area contributed by atoms with Crippen LogP contribution in [0, 0.1) is 17.7 Å². The van der Waals surface area contributed by atoms with E-state index in [1.807, 2.05) is 6.07 Å². The van der Waals surface area contributed by atoms with Gasteiger partial charge in [-0.1, -0.05) is 24.0 Å². The van der Waals surface area contributed by atoms with E-state index in [1.54, 1.807) is 12.1 Å². The van der Waals surface area contributed by atoms with Crippen molar-refractivity contribution >= 4 is 44.6 Å². The molecule has 254 valence electrons. The summed E-state index contributed by atoms with van der Waals surface area (Å²) in [7, 11) is 0. The number of rotatable bonds is 12. The Morgan fingerprint density at radius 2 is 1.91 bits per heavy atom. The number of anilines is 3. The highest BCUT2D eigenvalue weighted by Crippen LogP contribution is 2.39. The zero-order valence-corrected chi connectivity index (χ0v) is 25.7. The molecule has 0 bridgehead atoms. The number of aliphatic hydroxyl groups is 1. The Bertz CT molecular complexity index is 1620. The normalized spacial score (nSPS) is 17.3. The number of likely N-dealkylation sites (tertiary alicyclic amines) is 1. The van der Waals surface area contributed by atoms with Crippen LogP contribution in [0.5, 0.6) is 5.75 Å². The number of fused-ring (bicyclic) bond motifs is 1. The molecule has 2 fully saturated rings. The van der Waals surface area contributed by atoms with Gasteiger partial charge < -0.3 is 35.3 Å². The Morgan fingerprint density at radius 3 is 2.60 bits per heavy atom. The van der Waals surface area contributed by atoms with Gasteiger partial charge in [0, 0.05) is 44.4 Å². The van der Waals surface area contributed by atoms with Gasteiger partial charge in [-0.05, 0) is 29.9 Å². The second-order valence-corrected chi connectivity index (χ2v) is 11.9. The summed E-state index contributed by atoms with van der Waals surface area (Å²) in [5.74, 6) is 4.34. The largest absolute Gasteiger partial charge is 0.508 e.